The molecule has 4 nitrogen and oxygen atoms in total. The molecule has 0 spiro atoms. The minimum Gasteiger partial charge on any atom is -0.399 e. The average Bonchev–Trinajstić information content (AvgIpc) is 2.43. The minimum atomic E-state index is -0.593. The molecule has 0 aliphatic heterocycles. The number of amides is 1. The Bertz CT molecular complexity index is 612. The van der Waals surface area contributed by atoms with Gasteiger partial charge >= 0.3 is 0 Å². The number of hydrogen-bond donors (Lipinski definition) is 2. The molecule has 0 heterocycles. The molecule has 2 aromatic carbocycles. The van der Waals surface area contributed by atoms with Crippen LogP contribution in [0.2, 0.25) is 0 Å². The van der Waals surface area contributed by atoms with Gasteiger partial charge in [-0.3, -0.25) is 4.79 Å². The number of ether oxygens (including phenoxy) is 1. The Kier molecular flexibility index (Phi) is 4.32. The van der Waals surface area contributed by atoms with Gasteiger partial charge in [0.25, 0.3) is 0 Å². The van der Waals surface area contributed by atoms with Crippen LogP contribution in [0.4, 0.5) is 10.1 Å². The molecule has 0 radical (unpaired) electrons. The van der Waals surface area contributed by atoms with Gasteiger partial charge in [-0.1, -0.05) is 12.1 Å². The standard InChI is InChI=1S/C15H15FN2O2/c16-14-6-3-11(15(18)19)7-12(14)9-20-8-10-1-4-13(17)5-2-10/h1-7H,8-9,17H2,(H2,18,19). The molecular formula is C15H15FN2O2. The highest BCUT2D eigenvalue weighted by Gasteiger charge is 2.07. The third kappa shape index (κ3) is 3.55. The van der Waals surface area contributed by atoms with Gasteiger partial charge < -0.3 is 16.2 Å². The topological polar surface area (TPSA) is 78.3 Å². The Morgan fingerprint density at radius 3 is 2.45 bits per heavy atom. The fraction of sp³-hybridized carbons (Fsp3) is 0.133. The van der Waals surface area contributed by atoms with Gasteiger partial charge in [-0.15, -0.1) is 0 Å². The third-order valence-corrected chi connectivity index (χ3v) is 2.84. The lowest BCUT2D eigenvalue weighted by molar-refractivity contribution is 0.0995. The van der Waals surface area contributed by atoms with Crippen molar-refractivity contribution in [1.82, 2.24) is 0 Å². The number of nitrogen functional groups attached to an aromatic ring is 1. The summed E-state index contributed by atoms with van der Waals surface area (Å²) in [6.45, 7) is 0.401. The average molecular weight is 274 g/mol. The largest absolute Gasteiger partial charge is 0.399 e. The molecule has 0 bridgehead atoms. The molecule has 0 aliphatic rings. The molecule has 2 rings (SSSR count). The van der Waals surface area contributed by atoms with Crippen molar-refractivity contribution < 1.29 is 13.9 Å². The van der Waals surface area contributed by atoms with Crippen LogP contribution in [-0.2, 0) is 18.0 Å². The van der Waals surface area contributed by atoms with Gasteiger partial charge in [0.05, 0.1) is 13.2 Å². The molecule has 5 heteroatoms. The molecule has 0 saturated carbocycles. The van der Waals surface area contributed by atoms with E-state index in [1.54, 1.807) is 12.1 Å². The van der Waals surface area contributed by atoms with Crippen molar-refractivity contribution in [1.29, 1.82) is 0 Å². The lowest BCUT2D eigenvalue weighted by Gasteiger charge is -2.07. The van der Waals surface area contributed by atoms with E-state index in [0.29, 0.717) is 17.9 Å². The number of hydrogen-bond acceptors (Lipinski definition) is 3. The predicted molar refractivity (Wildman–Crippen MR) is 74.3 cm³/mol. The number of nitrogens with two attached hydrogens (primary N) is 2. The van der Waals surface area contributed by atoms with E-state index in [0.717, 1.165) is 5.56 Å². The Balaban J connectivity index is 1.98. The number of primary amides is 1. The molecule has 4 N–H and O–H groups in total. The van der Waals surface area contributed by atoms with Gasteiger partial charge in [0, 0.05) is 16.8 Å². The summed E-state index contributed by atoms with van der Waals surface area (Å²) in [5, 5.41) is 0. The summed E-state index contributed by atoms with van der Waals surface area (Å²) in [5.74, 6) is -1.02. The molecule has 104 valence electrons. The molecule has 0 unspecified atom stereocenters. The van der Waals surface area contributed by atoms with Crippen LogP contribution in [0.5, 0.6) is 0 Å². The second-order valence-electron chi connectivity index (χ2n) is 4.40. The minimum absolute atomic E-state index is 0.0668. The zero-order valence-corrected chi connectivity index (χ0v) is 10.8. The van der Waals surface area contributed by atoms with Crippen LogP contribution < -0.4 is 11.5 Å². The second-order valence-corrected chi connectivity index (χ2v) is 4.40. The smallest absolute Gasteiger partial charge is 0.248 e. The van der Waals surface area contributed by atoms with Gasteiger partial charge in [0.2, 0.25) is 5.91 Å². The summed E-state index contributed by atoms with van der Waals surface area (Å²) in [6.07, 6.45) is 0. The fourth-order valence-corrected chi connectivity index (χ4v) is 1.73. The van der Waals surface area contributed by atoms with Crippen molar-refractivity contribution in [2.45, 2.75) is 13.2 Å². The summed E-state index contributed by atoms with van der Waals surface area (Å²) in [5.41, 5.74) is 12.9. The van der Waals surface area contributed by atoms with Gasteiger partial charge in [-0.25, -0.2) is 4.39 Å². The highest BCUT2D eigenvalue weighted by Crippen LogP contribution is 2.13. The SMILES string of the molecule is NC(=O)c1ccc(F)c(COCc2ccc(N)cc2)c1. The monoisotopic (exact) mass is 274 g/mol. The van der Waals surface area contributed by atoms with Crippen molar-refractivity contribution in [2.24, 2.45) is 5.73 Å². The van der Waals surface area contributed by atoms with Crippen LogP contribution in [0.25, 0.3) is 0 Å². The van der Waals surface area contributed by atoms with Crippen LogP contribution >= 0.6 is 0 Å². The summed E-state index contributed by atoms with van der Waals surface area (Å²) in [7, 11) is 0. The van der Waals surface area contributed by atoms with Crippen molar-refractivity contribution in [2.75, 3.05) is 5.73 Å². The van der Waals surface area contributed by atoms with Gasteiger partial charge in [0.15, 0.2) is 0 Å². The number of halogens is 1. The number of rotatable bonds is 5. The molecule has 1 amide bonds. The highest BCUT2D eigenvalue weighted by atomic mass is 19.1. The Hall–Kier alpha value is -2.40. The lowest BCUT2D eigenvalue weighted by Crippen LogP contribution is -2.11. The molecule has 0 fully saturated rings. The summed E-state index contributed by atoms with van der Waals surface area (Å²) in [6, 6.07) is 11.2. The molecular weight excluding hydrogens is 259 g/mol. The first-order valence-electron chi connectivity index (χ1n) is 6.06. The van der Waals surface area contributed by atoms with E-state index in [9.17, 15) is 9.18 Å². The maximum absolute atomic E-state index is 13.6. The molecule has 20 heavy (non-hydrogen) atoms. The van der Waals surface area contributed by atoms with E-state index in [-0.39, 0.29) is 12.2 Å². The highest BCUT2D eigenvalue weighted by molar-refractivity contribution is 5.92. The maximum Gasteiger partial charge on any atom is 0.248 e. The van der Waals surface area contributed by atoms with Crippen LogP contribution in [0.15, 0.2) is 42.5 Å². The molecule has 0 atom stereocenters. The Morgan fingerprint density at radius 1 is 1.10 bits per heavy atom. The fourth-order valence-electron chi connectivity index (χ4n) is 1.73. The van der Waals surface area contributed by atoms with Crippen LogP contribution in [-0.4, -0.2) is 5.91 Å². The number of carbonyl (C=O) groups is 1. The second kappa shape index (κ2) is 6.16. The molecule has 0 aromatic heterocycles. The summed E-state index contributed by atoms with van der Waals surface area (Å²) >= 11 is 0. The first kappa shape index (κ1) is 14.0. The van der Waals surface area contributed by atoms with Gasteiger partial charge in [0.1, 0.15) is 5.82 Å². The van der Waals surface area contributed by atoms with E-state index in [2.05, 4.69) is 0 Å². The summed E-state index contributed by atoms with van der Waals surface area (Å²) < 4.78 is 19.0. The van der Waals surface area contributed by atoms with E-state index in [1.165, 1.54) is 18.2 Å². The van der Waals surface area contributed by atoms with E-state index >= 15 is 0 Å². The van der Waals surface area contributed by atoms with Gasteiger partial charge in [-0.2, -0.15) is 0 Å². The van der Waals surface area contributed by atoms with E-state index in [1.807, 2.05) is 12.1 Å². The molecule has 0 aliphatic carbocycles. The van der Waals surface area contributed by atoms with E-state index in [4.69, 9.17) is 16.2 Å². The first-order valence-corrected chi connectivity index (χ1v) is 6.06. The van der Waals surface area contributed by atoms with Crippen LogP contribution in [0.1, 0.15) is 21.5 Å². The summed E-state index contributed by atoms with van der Waals surface area (Å²) in [4.78, 5) is 11.0. The van der Waals surface area contributed by atoms with Crippen molar-refractivity contribution >= 4 is 11.6 Å². The zero-order chi connectivity index (χ0) is 14.5. The Morgan fingerprint density at radius 2 is 1.80 bits per heavy atom. The molecule has 2 aromatic rings. The zero-order valence-electron chi connectivity index (χ0n) is 10.8. The first-order chi connectivity index (χ1) is 9.56. The quantitative estimate of drug-likeness (QED) is 0.821. The van der Waals surface area contributed by atoms with Gasteiger partial charge in [-0.05, 0) is 35.9 Å². The predicted octanol–water partition coefficient (Wildman–Crippen LogP) is 2.22. The van der Waals surface area contributed by atoms with E-state index < -0.39 is 11.7 Å². The number of carbonyl (C=O) groups excluding carboxylic acids is 1. The lowest BCUT2D eigenvalue weighted by atomic mass is 10.1. The van der Waals surface area contributed by atoms with Crippen LogP contribution in [0, 0.1) is 5.82 Å². The normalized spacial score (nSPS) is 10.4. The van der Waals surface area contributed by atoms with Crippen molar-refractivity contribution in [3.8, 4) is 0 Å². The number of anilines is 1. The van der Waals surface area contributed by atoms with Crippen LogP contribution in [0.3, 0.4) is 0 Å². The number of benzene rings is 2. The van der Waals surface area contributed by atoms with Crippen molar-refractivity contribution in [3.63, 3.8) is 0 Å². The third-order valence-electron chi connectivity index (χ3n) is 2.84. The van der Waals surface area contributed by atoms with Crippen molar-refractivity contribution in [3.05, 3.63) is 65.0 Å². The molecule has 0 saturated heterocycles. The Labute approximate surface area is 116 Å². The maximum atomic E-state index is 13.6.